The van der Waals surface area contributed by atoms with E-state index in [9.17, 15) is 4.79 Å². The molecular weight excluding hydrogens is 230 g/mol. The second-order valence-corrected chi connectivity index (χ2v) is 4.00. The lowest BCUT2D eigenvalue weighted by atomic mass is 10.2. The SMILES string of the molecule is Cc1cc(NC(=O)c2ccc3nccn3c2)n[nH]1. The smallest absolute Gasteiger partial charge is 0.258 e. The summed E-state index contributed by atoms with van der Waals surface area (Å²) in [7, 11) is 0. The molecule has 0 aromatic carbocycles. The van der Waals surface area contributed by atoms with E-state index in [4.69, 9.17) is 0 Å². The van der Waals surface area contributed by atoms with Gasteiger partial charge >= 0.3 is 0 Å². The van der Waals surface area contributed by atoms with Crippen molar-refractivity contribution >= 4 is 17.4 Å². The van der Waals surface area contributed by atoms with E-state index in [0.29, 0.717) is 11.4 Å². The molecule has 1 amide bonds. The predicted molar refractivity (Wildman–Crippen MR) is 66.5 cm³/mol. The van der Waals surface area contributed by atoms with Crippen molar-refractivity contribution in [1.82, 2.24) is 19.6 Å². The number of hydrogen-bond acceptors (Lipinski definition) is 3. The van der Waals surface area contributed by atoms with E-state index in [2.05, 4.69) is 20.5 Å². The number of aryl methyl sites for hydroxylation is 1. The molecule has 0 radical (unpaired) electrons. The largest absolute Gasteiger partial charge is 0.306 e. The minimum absolute atomic E-state index is 0.197. The van der Waals surface area contributed by atoms with E-state index in [1.54, 1.807) is 41.2 Å². The van der Waals surface area contributed by atoms with E-state index in [-0.39, 0.29) is 5.91 Å². The van der Waals surface area contributed by atoms with Crippen molar-refractivity contribution in [1.29, 1.82) is 0 Å². The van der Waals surface area contributed by atoms with Crippen molar-refractivity contribution in [3.05, 3.63) is 48.0 Å². The second-order valence-electron chi connectivity index (χ2n) is 4.00. The van der Waals surface area contributed by atoms with E-state index in [0.717, 1.165) is 11.3 Å². The average molecular weight is 241 g/mol. The molecule has 0 bridgehead atoms. The van der Waals surface area contributed by atoms with Gasteiger partial charge in [0, 0.05) is 30.4 Å². The predicted octanol–water partition coefficient (Wildman–Crippen LogP) is 1.62. The van der Waals surface area contributed by atoms with Gasteiger partial charge in [0.15, 0.2) is 5.82 Å². The van der Waals surface area contributed by atoms with Crippen molar-refractivity contribution in [2.45, 2.75) is 6.92 Å². The van der Waals surface area contributed by atoms with Crippen molar-refractivity contribution in [3.8, 4) is 0 Å². The lowest BCUT2D eigenvalue weighted by molar-refractivity contribution is 0.102. The summed E-state index contributed by atoms with van der Waals surface area (Å²) >= 11 is 0. The molecule has 0 aliphatic carbocycles. The van der Waals surface area contributed by atoms with Crippen LogP contribution in [0.15, 0.2) is 36.8 Å². The lowest BCUT2D eigenvalue weighted by Gasteiger charge is -2.02. The molecule has 6 nitrogen and oxygen atoms in total. The van der Waals surface area contributed by atoms with Gasteiger partial charge < -0.3 is 9.72 Å². The Morgan fingerprint density at radius 2 is 2.33 bits per heavy atom. The van der Waals surface area contributed by atoms with Crippen molar-refractivity contribution < 1.29 is 4.79 Å². The molecule has 3 aromatic rings. The summed E-state index contributed by atoms with van der Waals surface area (Å²) in [5.41, 5.74) is 2.26. The molecule has 2 N–H and O–H groups in total. The summed E-state index contributed by atoms with van der Waals surface area (Å²) in [6, 6.07) is 5.30. The first-order valence-corrected chi connectivity index (χ1v) is 5.48. The van der Waals surface area contributed by atoms with Gasteiger partial charge in [0.1, 0.15) is 5.65 Å². The third-order valence-corrected chi connectivity index (χ3v) is 2.60. The normalized spacial score (nSPS) is 10.7. The highest BCUT2D eigenvalue weighted by Gasteiger charge is 2.08. The van der Waals surface area contributed by atoms with Gasteiger partial charge in [-0.1, -0.05) is 0 Å². The molecule has 0 unspecified atom stereocenters. The molecular formula is C12H11N5O. The number of imidazole rings is 1. The maximum Gasteiger partial charge on any atom is 0.258 e. The van der Waals surface area contributed by atoms with Crippen LogP contribution in [0.2, 0.25) is 0 Å². The van der Waals surface area contributed by atoms with Gasteiger partial charge in [0.25, 0.3) is 5.91 Å². The summed E-state index contributed by atoms with van der Waals surface area (Å²) in [6.45, 7) is 1.88. The molecule has 3 aromatic heterocycles. The first kappa shape index (κ1) is 10.5. The number of rotatable bonds is 2. The Kier molecular flexibility index (Phi) is 2.33. The Bertz CT molecular complexity index is 712. The minimum Gasteiger partial charge on any atom is -0.306 e. The first-order chi connectivity index (χ1) is 8.72. The number of aromatic nitrogens is 4. The number of pyridine rings is 1. The van der Waals surface area contributed by atoms with Crippen LogP contribution >= 0.6 is 0 Å². The maximum atomic E-state index is 12.0. The number of nitrogens with one attached hydrogen (secondary N) is 2. The fourth-order valence-electron chi connectivity index (χ4n) is 1.72. The van der Waals surface area contributed by atoms with Crippen LogP contribution in [0.1, 0.15) is 16.1 Å². The van der Waals surface area contributed by atoms with Crippen LogP contribution in [0.3, 0.4) is 0 Å². The Morgan fingerprint density at radius 1 is 1.44 bits per heavy atom. The fraction of sp³-hybridized carbons (Fsp3) is 0.0833. The van der Waals surface area contributed by atoms with Crippen LogP contribution in [0, 0.1) is 6.92 Å². The molecule has 0 saturated carbocycles. The molecule has 3 heterocycles. The zero-order chi connectivity index (χ0) is 12.5. The van der Waals surface area contributed by atoms with Crippen LogP contribution in [-0.4, -0.2) is 25.5 Å². The molecule has 0 atom stereocenters. The van der Waals surface area contributed by atoms with Gasteiger partial charge in [0.2, 0.25) is 0 Å². The van der Waals surface area contributed by atoms with Crippen LogP contribution in [0.25, 0.3) is 5.65 Å². The molecule has 6 heteroatoms. The first-order valence-electron chi connectivity index (χ1n) is 5.48. The number of amides is 1. The van der Waals surface area contributed by atoms with Gasteiger partial charge in [-0.05, 0) is 19.1 Å². The van der Waals surface area contributed by atoms with E-state index in [1.807, 2.05) is 6.92 Å². The highest BCUT2D eigenvalue weighted by Crippen LogP contribution is 2.09. The van der Waals surface area contributed by atoms with Gasteiger partial charge in [-0.25, -0.2) is 4.98 Å². The van der Waals surface area contributed by atoms with Crippen molar-refractivity contribution in [2.24, 2.45) is 0 Å². The number of carbonyl (C=O) groups excluding carboxylic acids is 1. The Morgan fingerprint density at radius 3 is 3.11 bits per heavy atom. The van der Waals surface area contributed by atoms with E-state index < -0.39 is 0 Å². The Balaban J connectivity index is 1.87. The molecule has 3 rings (SSSR count). The zero-order valence-corrected chi connectivity index (χ0v) is 9.71. The monoisotopic (exact) mass is 241 g/mol. The van der Waals surface area contributed by atoms with Crippen LogP contribution < -0.4 is 5.32 Å². The summed E-state index contributed by atoms with van der Waals surface area (Å²) in [4.78, 5) is 16.1. The molecule has 0 fully saturated rings. The summed E-state index contributed by atoms with van der Waals surface area (Å²) in [5.74, 6) is 0.320. The number of carbonyl (C=O) groups is 1. The van der Waals surface area contributed by atoms with Crippen LogP contribution in [0.5, 0.6) is 0 Å². The van der Waals surface area contributed by atoms with Gasteiger partial charge in [0.05, 0.1) is 5.56 Å². The molecule has 90 valence electrons. The maximum absolute atomic E-state index is 12.0. The van der Waals surface area contributed by atoms with Crippen LogP contribution in [-0.2, 0) is 0 Å². The van der Waals surface area contributed by atoms with Crippen molar-refractivity contribution in [3.63, 3.8) is 0 Å². The van der Waals surface area contributed by atoms with Crippen molar-refractivity contribution in [2.75, 3.05) is 5.32 Å². The highest BCUT2D eigenvalue weighted by atomic mass is 16.1. The summed E-state index contributed by atoms with van der Waals surface area (Å²) in [6.07, 6.45) is 5.22. The molecule has 0 spiro atoms. The molecule has 0 aliphatic heterocycles. The van der Waals surface area contributed by atoms with Crippen LogP contribution in [0.4, 0.5) is 5.82 Å². The van der Waals surface area contributed by atoms with Gasteiger partial charge in [-0.3, -0.25) is 9.89 Å². The zero-order valence-electron chi connectivity index (χ0n) is 9.71. The molecule has 0 saturated heterocycles. The number of hydrogen-bond donors (Lipinski definition) is 2. The summed E-state index contributed by atoms with van der Waals surface area (Å²) in [5, 5.41) is 9.45. The summed E-state index contributed by atoms with van der Waals surface area (Å²) < 4.78 is 1.80. The van der Waals surface area contributed by atoms with E-state index >= 15 is 0 Å². The van der Waals surface area contributed by atoms with E-state index in [1.165, 1.54) is 0 Å². The third-order valence-electron chi connectivity index (χ3n) is 2.60. The number of nitrogens with zero attached hydrogens (tertiary/aromatic N) is 3. The fourth-order valence-corrected chi connectivity index (χ4v) is 1.72. The van der Waals surface area contributed by atoms with Gasteiger partial charge in [-0.15, -0.1) is 0 Å². The Hall–Kier alpha value is -2.63. The van der Waals surface area contributed by atoms with Gasteiger partial charge in [-0.2, -0.15) is 5.10 Å². The quantitative estimate of drug-likeness (QED) is 0.715. The second kappa shape index (κ2) is 3.99. The lowest BCUT2D eigenvalue weighted by Crippen LogP contribution is -2.12. The number of aromatic amines is 1. The molecule has 18 heavy (non-hydrogen) atoms. The number of anilines is 1. The highest BCUT2D eigenvalue weighted by molar-refractivity contribution is 6.03. The number of H-pyrrole nitrogens is 1. The Labute approximate surface area is 103 Å². The third kappa shape index (κ3) is 1.84. The topological polar surface area (TPSA) is 75.1 Å². The number of fused-ring (bicyclic) bond motifs is 1. The minimum atomic E-state index is -0.197. The average Bonchev–Trinajstić information content (AvgIpc) is 2.96. The standard InChI is InChI=1S/C12H11N5O/c1-8-6-10(16-15-8)14-12(18)9-2-3-11-13-4-5-17(11)7-9/h2-7H,1H3,(H2,14,15,16,18). The molecule has 0 aliphatic rings.